The Labute approximate surface area is 125 Å². The van der Waals surface area contributed by atoms with E-state index in [0.29, 0.717) is 12.1 Å². The summed E-state index contributed by atoms with van der Waals surface area (Å²) in [7, 11) is 0. The monoisotopic (exact) mass is 281 g/mol. The fourth-order valence-corrected chi connectivity index (χ4v) is 4.44. The SMILES string of the molecule is CC1CCN(C2(CN)CCCN(C(C)C)CC2)C(C)C1. The second-order valence-corrected chi connectivity index (χ2v) is 7.58. The Kier molecular flexibility index (Phi) is 5.49. The minimum atomic E-state index is 0.267. The van der Waals surface area contributed by atoms with Gasteiger partial charge in [0, 0.05) is 30.7 Å². The second kappa shape index (κ2) is 6.76. The van der Waals surface area contributed by atoms with E-state index >= 15 is 0 Å². The minimum absolute atomic E-state index is 0.267. The first-order valence-electron chi connectivity index (χ1n) is 8.69. The lowest BCUT2D eigenvalue weighted by molar-refractivity contribution is 0.00475. The van der Waals surface area contributed by atoms with Crippen LogP contribution in [0, 0.1) is 5.92 Å². The number of nitrogens with zero attached hydrogens (tertiary/aromatic N) is 2. The third-order valence-corrected chi connectivity index (χ3v) is 5.81. The molecule has 2 saturated heterocycles. The number of likely N-dealkylation sites (tertiary alicyclic amines) is 2. The lowest BCUT2D eigenvalue weighted by Gasteiger charge is -2.50. The molecular weight excluding hydrogens is 246 g/mol. The molecule has 0 radical (unpaired) electrons. The van der Waals surface area contributed by atoms with Gasteiger partial charge in [-0.15, -0.1) is 0 Å². The summed E-state index contributed by atoms with van der Waals surface area (Å²) >= 11 is 0. The molecule has 0 saturated carbocycles. The van der Waals surface area contributed by atoms with Crippen LogP contribution in [0.25, 0.3) is 0 Å². The number of piperidine rings is 1. The van der Waals surface area contributed by atoms with Gasteiger partial charge in [0.1, 0.15) is 0 Å². The molecule has 2 aliphatic rings. The third-order valence-electron chi connectivity index (χ3n) is 5.81. The van der Waals surface area contributed by atoms with Gasteiger partial charge in [-0.2, -0.15) is 0 Å². The molecule has 0 bridgehead atoms. The smallest absolute Gasteiger partial charge is 0.0347 e. The van der Waals surface area contributed by atoms with E-state index in [-0.39, 0.29) is 5.54 Å². The largest absolute Gasteiger partial charge is 0.329 e. The highest BCUT2D eigenvalue weighted by molar-refractivity contribution is 4.98. The van der Waals surface area contributed by atoms with Crippen LogP contribution in [-0.4, -0.2) is 53.6 Å². The molecule has 0 spiro atoms. The van der Waals surface area contributed by atoms with Gasteiger partial charge in [-0.25, -0.2) is 0 Å². The first-order chi connectivity index (χ1) is 9.48. The van der Waals surface area contributed by atoms with Crippen LogP contribution in [0.3, 0.4) is 0 Å². The second-order valence-electron chi connectivity index (χ2n) is 7.58. The average molecular weight is 281 g/mol. The molecule has 20 heavy (non-hydrogen) atoms. The minimum Gasteiger partial charge on any atom is -0.329 e. The molecule has 2 aliphatic heterocycles. The van der Waals surface area contributed by atoms with E-state index in [9.17, 15) is 0 Å². The zero-order valence-electron chi connectivity index (χ0n) is 14.1. The van der Waals surface area contributed by atoms with Crippen molar-refractivity contribution in [2.24, 2.45) is 11.7 Å². The predicted octanol–water partition coefficient (Wildman–Crippen LogP) is 2.70. The first-order valence-corrected chi connectivity index (χ1v) is 8.69. The summed E-state index contributed by atoms with van der Waals surface area (Å²) in [5.74, 6) is 0.883. The molecule has 0 aliphatic carbocycles. The van der Waals surface area contributed by atoms with Crippen molar-refractivity contribution in [1.29, 1.82) is 0 Å². The van der Waals surface area contributed by atoms with Gasteiger partial charge in [-0.1, -0.05) is 6.92 Å². The van der Waals surface area contributed by atoms with Gasteiger partial charge in [0.15, 0.2) is 0 Å². The highest BCUT2D eigenvalue weighted by Crippen LogP contribution is 2.35. The van der Waals surface area contributed by atoms with Crippen molar-refractivity contribution in [3.8, 4) is 0 Å². The molecule has 2 rings (SSSR count). The number of rotatable bonds is 3. The van der Waals surface area contributed by atoms with E-state index in [0.717, 1.165) is 12.5 Å². The van der Waals surface area contributed by atoms with E-state index < -0.39 is 0 Å². The van der Waals surface area contributed by atoms with Gasteiger partial charge in [0.05, 0.1) is 0 Å². The molecule has 0 aromatic rings. The third kappa shape index (κ3) is 3.37. The van der Waals surface area contributed by atoms with Crippen LogP contribution in [0.2, 0.25) is 0 Å². The lowest BCUT2D eigenvalue weighted by atomic mass is 9.82. The fraction of sp³-hybridized carbons (Fsp3) is 1.00. The summed E-state index contributed by atoms with van der Waals surface area (Å²) in [4.78, 5) is 5.41. The van der Waals surface area contributed by atoms with Gasteiger partial charge >= 0.3 is 0 Å². The quantitative estimate of drug-likeness (QED) is 0.863. The first kappa shape index (κ1) is 16.3. The molecule has 0 amide bonds. The average Bonchev–Trinajstić information content (AvgIpc) is 2.62. The molecule has 0 aromatic heterocycles. The Morgan fingerprint density at radius 3 is 2.50 bits per heavy atom. The summed E-state index contributed by atoms with van der Waals surface area (Å²) in [5, 5.41) is 0. The highest BCUT2D eigenvalue weighted by atomic mass is 15.3. The van der Waals surface area contributed by atoms with Crippen molar-refractivity contribution >= 4 is 0 Å². The Balaban J connectivity index is 2.09. The van der Waals surface area contributed by atoms with Crippen LogP contribution in [0.5, 0.6) is 0 Å². The molecule has 118 valence electrons. The Bertz CT molecular complexity index is 305. The van der Waals surface area contributed by atoms with Gasteiger partial charge in [-0.3, -0.25) is 4.90 Å². The van der Waals surface area contributed by atoms with Gasteiger partial charge in [0.25, 0.3) is 0 Å². The molecule has 2 N–H and O–H groups in total. The molecule has 2 heterocycles. The molecule has 3 nitrogen and oxygen atoms in total. The molecule has 3 heteroatoms. The van der Waals surface area contributed by atoms with Crippen molar-refractivity contribution in [2.45, 2.75) is 77.4 Å². The number of hydrogen-bond donors (Lipinski definition) is 1. The normalized spacial score (nSPS) is 38.1. The number of nitrogens with two attached hydrogens (primary N) is 1. The van der Waals surface area contributed by atoms with Crippen LogP contribution in [-0.2, 0) is 0 Å². The maximum Gasteiger partial charge on any atom is 0.0347 e. The Hall–Kier alpha value is -0.120. The van der Waals surface area contributed by atoms with E-state index in [1.807, 2.05) is 0 Å². The van der Waals surface area contributed by atoms with E-state index in [1.165, 1.54) is 51.7 Å². The van der Waals surface area contributed by atoms with Crippen molar-refractivity contribution in [1.82, 2.24) is 9.80 Å². The van der Waals surface area contributed by atoms with Crippen LogP contribution in [0.4, 0.5) is 0 Å². The van der Waals surface area contributed by atoms with E-state index in [4.69, 9.17) is 5.73 Å². The van der Waals surface area contributed by atoms with E-state index in [2.05, 4.69) is 37.5 Å². The van der Waals surface area contributed by atoms with Crippen molar-refractivity contribution < 1.29 is 0 Å². The van der Waals surface area contributed by atoms with Crippen molar-refractivity contribution in [2.75, 3.05) is 26.2 Å². The Morgan fingerprint density at radius 1 is 1.15 bits per heavy atom. The van der Waals surface area contributed by atoms with Crippen molar-refractivity contribution in [3.63, 3.8) is 0 Å². The topological polar surface area (TPSA) is 32.5 Å². The van der Waals surface area contributed by atoms with Crippen LogP contribution < -0.4 is 5.73 Å². The summed E-state index contributed by atoms with van der Waals surface area (Å²) in [6, 6.07) is 1.37. The zero-order chi connectivity index (χ0) is 14.8. The maximum absolute atomic E-state index is 6.30. The van der Waals surface area contributed by atoms with Crippen LogP contribution in [0.1, 0.15) is 59.8 Å². The molecule has 3 unspecified atom stereocenters. The van der Waals surface area contributed by atoms with E-state index in [1.54, 1.807) is 0 Å². The van der Waals surface area contributed by atoms with Gasteiger partial charge in [0.2, 0.25) is 0 Å². The fourth-order valence-electron chi connectivity index (χ4n) is 4.44. The van der Waals surface area contributed by atoms with Gasteiger partial charge < -0.3 is 10.6 Å². The van der Waals surface area contributed by atoms with Crippen LogP contribution in [0.15, 0.2) is 0 Å². The Morgan fingerprint density at radius 2 is 1.90 bits per heavy atom. The molecule has 3 atom stereocenters. The molecular formula is C17H35N3. The number of hydrogen-bond acceptors (Lipinski definition) is 3. The standard InChI is InChI=1S/C17H35N3/c1-14(2)19-9-5-7-17(13-18,8-11-19)20-10-6-15(3)12-16(20)4/h14-16H,5-13,18H2,1-4H3. The summed E-state index contributed by atoms with van der Waals surface area (Å²) < 4.78 is 0. The maximum atomic E-state index is 6.30. The predicted molar refractivity (Wildman–Crippen MR) is 86.9 cm³/mol. The summed E-state index contributed by atoms with van der Waals surface area (Å²) in [5.41, 5.74) is 6.56. The van der Waals surface area contributed by atoms with Crippen LogP contribution >= 0.6 is 0 Å². The molecule has 2 fully saturated rings. The van der Waals surface area contributed by atoms with Gasteiger partial charge in [-0.05, 0) is 71.9 Å². The highest BCUT2D eigenvalue weighted by Gasteiger charge is 2.41. The summed E-state index contributed by atoms with van der Waals surface area (Å²) in [6.45, 7) is 14.0. The zero-order valence-corrected chi connectivity index (χ0v) is 14.1. The molecule has 0 aromatic carbocycles. The lowest BCUT2D eigenvalue weighted by Crippen LogP contribution is -2.59. The summed E-state index contributed by atoms with van der Waals surface area (Å²) in [6.07, 6.45) is 6.52. The van der Waals surface area contributed by atoms with Crippen molar-refractivity contribution in [3.05, 3.63) is 0 Å².